The van der Waals surface area contributed by atoms with Crippen molar-refractivity contribution >= 4 is 5.91 Å². The van der Waals surface area contributed by atoms with Crippen LogP contribution >= 0.6 is 0 Å². The standard InChI is InChI=1S/C16H32N4O/c1-3-19-8-4-14(5-9-19)13(2)18-15-6-10-20(11-7-15)12-16(17)21/h13-15,18H,3-12H2,1-2H3,(H2,17,21). The molecule has 2 heterocycles. The molecule has 0 aliphatic carbocycles. The number of hydrogen-bond acceptors (Lipinski definition) is 4. The van der Waals surface area contributed by atoms with Gasteiger partial charge in [-0.1, -0.05) is 6.92 Å². The molecule has 2 rings (SSSR count). The summed E-state index contributed by atoms with van der Waals surface area (Å²) in [4.78, 5) is 15.7. The van der Waals surface area contributed by atoms with Crippen LogP contribution in [0.2, 0.25) is 0 Å². The molecule has 21 heavy (non-hydrogen) atoms. The highest BCUT2D eigenvalue weighted by Gasteiger charge is 2.26. The topological polar surface area (TPSA) is 61.6 Å². The van der Waals surface area contributed by atoms with Crippen molar-refractivity contribution in [2.24, 2.45) is 11.7 Å². The number of amides is 1. The lowest BCUT2D eigenvalue weighted by atomic mass is 9.89. The molecule has 0 aromatic rings. The number of carbonyl (C=O) groups is 1. The Labute approximate surface area is 129 Å². The van der Waals surface area contributed by atoms with E-state index in [1.807, 2.05) is 0 Å². The number of primary amides is 1. The number of rotatable bonds is 6. The molecule has 2 fully saturated rings. The zero-order chi connectivity index (χ0) is 15.2. The first-order valence-corrected chi connectivity index (χ1v) is 8.57. The highest BCUT2D eigenvalue weighted by molar-refractivity contribution is 5.75. The Balaban J connectivity index is 1.67. The van der Waals surface area contributed by atoms with Gasteiger partial charge in [0.2, 0.25) is 5.91 Å². The molecule has 2 aliphatic heterocycles. The van der Waals surface area contributed by atoms with E-state index < -0.39 is 0 Å². The maximum absolute atomic E-state index is 10.9. The van der Waals surface area contributed by atoms with Gasteiger partial charge < -0.3 is 16.0 Å². The molecule has 0 radical (unpaired) electrons. The van der Waals surface area contributed by atoms with E-state index in [4.69, 9.17) is 5.73 Å². The Morgan fingerprint density at radius 1 is 1.14 bits per heavy atom. The van der Waals surface area contributed by atoms with Crippen LogP contribution in [0.25, 0.3) is 0 Å². The van der Waals surface area contributed by atoms with E-state index in [0.717, 1.165) is 31.8 Å². The second kappa shape index (κ2) is 8.11. The van der Waals surface area contributed by atoms with Gasteiger partial charge in [0.25, 0.3) is 0 Å². The van der Waals surface area contributed by atoms with E-state index >= 15 is 0 Å². The van der Waals surface area contributed by atoms with Crippen LogP contribution in [0.15, 0.2) is 0 Å². The highest BCUT2D eigenvalue weighted by atomic mass is 16.1. The van der Waals surface area contributed by atoms with Gasteiger partial charge in [-0.25, -0.2) is 0 Å². The highest BCUT2D eigenvalue weighted by Crippen LogP contribution is 2.22. The number of nitrogens with two attached hydrogens (primary N) is 1. The molecule has 0 aromatic carbocycles. The predicted molar refractivity (Wildman–Crippen MR) is 86.1 cm³/mol. The van der Waals surface area contributed by atoms with Gasteiger partial charge in [0.05, 0.1) is 6.54 Å². The monoisotopic (exact) mass is 296 g/mol. The molecular weight excluding hydrogens is 264 g/mol. The van der Waals surface area contributed by atoms with Crippen molar-refractivity contribution in [2.45, 2.75) is 51.6 Å². The van der Waals surface area contributed by atoms with Crippen LogP contribution in [0, 0.1) is 5.92 Å². The Bertz CT molecular complexity index is 320. The van der Waals surface area contributed by atoms with Crippen LogP contribution in [0.4, 0.5) is 0 Å². The summed E-state index contributed by atoms with van der Waals surface area (Å²) in [7, 11) is 0. The number of likely N-dealkylation sites (tertiary alicyclic amines) is 2. The fourth-order valence-corrected chi connectivity index (χ4v) is 3.76. The largest absolute Gasteiger partial charge is 0.369 e. The first kappa shape index (κ1) is 16.7. The molecular formula is C16H32N4O. The molecule has 3 N–H and O–H groups in total. The summed E-state index contributed by atoms with van der Waals surface area (Å²) in [6.45, 7) is 10.7. The molecule has 5 heteroatoms. The quantitative estimate of drug-likeness (QED) is 0.755. The number of nitrogens with one attached hydrogen (secondary N) is 1. The van der Waals surface area contributed by atoms with Crippen molar-refractivity contribution < 1.29 is 4.79 Å². The summed E-state index contributed by atoms with van der Waals surface area (Å²) in [6.07, 6.45) is 4.90. The number of hydrogen-bond donors (Lipinski definition) is 2. The average Bonchev–Trinajstić information content (AvgIpc) is 2.49. The molecule has 122 valence electrons. The Hall–Kier alpha value is -0.650. The normalized spacial score (nSPS) is 25.0. The van der Waals surface area contributed by atoms with Crippen LogP contribution in [0.5, 0.6) is 0 Å². The van der Waals surface area contributed by atoms with Crippen LogP contribution < -0.4 is 11.1 Å². The van der Waals surface area contributed by atoms with Crippen molar-refractivity contribution in [3.63, 3.8) is 0 Å². The van der Waals surface area contributed by atoms with Crippen LogP contribution in [0.3, 0.4) is 0 Å². The van der Waals surface area contributed by atoms with Gasteiger partial charge in [-0.05, 0) is 58.2 Å². The first-order chi connectivity index (χ1) is 10.1. The molecule has 2 aliphatic rings. The molecule has 1 amide bonds. The van der Waals surface area contributed by atoms with Gasteiger partial charge in [0.1, 0.15) is 0 Å². The lowest BCUT2D eigenvalue weighted by molar-refractivity contribution is -0.119. The molecule has 0 saturated carbocycles. The molecule has 5 nitrogen and oxygen atoms in total. The van der Waals surface area contributed by atoms with Crippen molar-refractivity contribution in [1.29, 1.82) is 0 Å². The third kappa shape index (κ3) is 5.24. The minimum Gasteiger partial charge on any atom is -0.369 e. The summed E-state index contributed by atoms with van der Waals surface area (Å²) in [5, 5.41) is 3.83. The third-order valence-electron chi connectivity index (χ3n) is 5.25. The van der Waals surface area contributed by atoms with Crippen molar-refractivity contribution in [3.8, 4) is 0 Å². The SMILES string of the molecule is CCN1CCC(C(C)NC2CCN(CC(N)=O)CC2)CC1. The van der Waals surface area contributed by atoms with E-state index in [9.17, 15) is 4.79 Å². The van der Waals surface area contributed by atoms with E-state index in [-0.39, 0.29) is 5.91 Å². The van der Waals surface area contributed by atoms with E-state index in [2.05, 4.69) is 29.0 Å². The van der Waals surface area contributed by atoms with Gasteiger partial charge in [0.15, 0.2) is 0 Å². The van der Waals surface area contributed by atoms with Crippen molar-refractivity contribution in [1.82, 2.24) is 15.1 Å². The molecule has 0 bridgehead atoms. The molecule has 1 unspecified atom stereocenters. The number of carbonyl (C=O) groups excluding carboxylic acids is 1. The predicted octanol–water partition coefficient (Wildman–Crippen LogP) is 0.646. The molecule has 0 aromatic heterocycles. The molecule has 1 atom stereocenters. The zero-order valence-electron chi connectivity index (χ0n) is 13.7. The third-order valence-corrected chi connectivity index (χ3v) is 5.25. The van der Waals surface area contributed by atoms with Crippen LogP contribution in [-0.2, 0) is 4.79 Å². The van der Waals surface area contributed by atoms with Crippen LogP contribution in [0.1, 0.15) is 39.5 Å². The van der Waals surface area contributed by atoms with Gasteiger partial charge >= 0.3 is 0 Å². The van der Waals surface area contributed by atoms with E-state index in [0.29, 0.717) is 18.6 Å². The first-order valence-electron chi connectivity index (χ1n) is 8.57. The van der Waals surface area contributed by atoms with Gasteiger partial charge in [-0.2, -0.15) is 0 Å². The minimum absolute atomic E-state index is 0.211. The number of piperidine rings is 2. The van der Waals surface area contributed by atoms with Crippen molar-refractivity contribution in [2.75, 3.05) is 39.3 Å². The van der Waals surface area contributed by atoms with Gasteiger partial charge in [-0.3, -0.25) is 9.69 Å². The fourth-order valence-electron chi connectivity index (χ4n) is 3.76. The summed E-state index contributed by atoms with van der Waals surface area (Å²) in [6, 6.07) is 1.21. The van der Waals surface area contributed by atoms with E-state index in [1.165, 1.54) is 32.5 Å². The second-order valence-corrected chi connectivity index (χ2v) is 6.74. The summed E-state index contributed by atoms with van der Waals surface area (Å²) in [5.74, 6) is 0.605. The van der Waals surface area contributed by atoms with Crippen LogP contribution in [-0.4, -0.2) is 67.1 Å². The molecule has 2 saturated heterocycles. The Morgan fingerprint density at radius 2 is 1.71 bits per heavy atom. The van der Waals surface area contributed by atoms with E-state index in [1.54, 1.807) is 0 Å². The number of nitrogens with zero attached hydrogens (tertiary/aromatic N) is 2. The summed E-state index contributed by atoms with van der Waals surface area (Å²) < 4.78 is 0. The van der Waals surface area contributed by atoms with Crippen molar-refractivity contribution in [3.05, 3.63) is 0 Å². The fraction of sp³-hybridized carbons (Fsp3) is 0.938. The smallest absolute Gasteiger partial charge is 0.231 e. The maximum Gasteiger partial charge on any atom is 0.231 e. The summed E-state index contributed by atoms with van der Waals surface area (Å²) >= 11 is 0. The second-order valence-electron chi connectivity index (χ2n) is 6.74. The average molecular weight is 296 g/mol. The zero-order valence-corrected chi connectivity index (χ0v) is 13.7. The lowest BCUT2D eigenvalue weighted by Crippen LogP contribution is -2.50. The summed E-state index contributed by atoms with van der Waals surface area (Å²) in [5.41, 5.74) is 5.26. The minimum atomic E-state index is -0.211. The van der Waals surface area contributed by atoms with Gasteiger partial charge in [0, 0.05) is 25.2 Å². The lowest BCUT2D eigenvalue weighted by Gasteiger charge is -2.38. The Kier molecular flexibility index (Phi) is 6.45. The Morgan fingerprint density at radius 3 is 2.24 bits per heavy atom. The van der Waals surface area contributed by atoms with Gasteiger partial charge in [-0.15, -0.1) is 0 Å². The molecule has 0 spiro atoms. The maximum atomic E-state index is 10.9.